The third-order valence-corrected chi connectivity index (χ3v) is 12.1. The summed E-state index contributed by atoms with van der Waals surface area (Å²) >= 11 is 0. The Morgan fingerprint density at radius 2 is 0.661 bits per heavy atom. The summed E-state index contributed by atoms with van der Waals surface area (Å²) in [5.74, 6) is 1.83. The molecule has 0 spiro atoms. The van der Waals surface area contributed by atoms with Gasteiger partial charge >= 0.3 is 0 Å². The fourth-order valence-electron chi connectivity index (χ4n) is 9.13. The van der Waals surface area contributed by atoms with Crippen molar-refractivity contribution >= 4 is 53.9 Å². The fourth-order valence-corrected chi connectivity index (χ4v) is 9.13. The van der Waals surface area contributed by atoms with Crippen LogP contribution in [0.2, 0.25) is 0 Å². The summed E-state index contributed by atoms with van der Waals surface area (Å²) in [6.45, 7) is 0. The van der Waals surface area contributed by atoms with Crippen LogP contribution in [0.4, 0.5) is 0 Å². The Hall–Kier alpha value is -8.34. The molecule has 0 fully saturated rings. The molecule has 10 aromatic carbocycles. The molecule has 0 aliphatic carbocycles. The number of fused-ring (bicyclic) bond motifs is 5. The lowest BCUT2D eigenvalue weighted by atomic mass is 9.87. The molecule has 4 nitrogen and oxygen atoms in total. The maximum Gasteiger partial charge on any atom is 0.164 e. The molecule has 0 radical (unpaired) electrons. The zero-order chi connectivity index (χ0) is 41.0. The predicted octanol–water partition coefficient (Wildman–Crippen LogP) is 15.0. The van der Waals surface area contributed by atoms with Crippen molar-refractivity contribution in [3.8, 4) is 67.5 Å². The first-order valence-electron chi connectivity index (χ1n) is 20.9. The first-order valence-corrected chi connectivity index (χ1v) is 20.9. The van der Waals surface area contributed by atoms with Crippen molar-refractivity contribution in [2.24, 2.45) is 0 Å². The topological polar surface area (TPSA) is 51.6 Å². The van der Waals surface area contributed by atoms with Gasteiger partial charge in [0.25, 0.3) is 0 Å². The highest BCUT2D eigenvalue weighted by Gasteiger charge is 2.19. The standard InChI is InChI=1S/C58H36N4/c1-2-13-40-30-45(28-25-37(40)12-1)57-60-56(39-26-23-38(24-27-39)46-18-11-29-59-36-46)61-58(62-57)49-34-47(54-50-19-7-3-14-41(50)31-42-15-4-8-20-51(42)54)33-48(35-49)55-52-21-9-5-16-43(52)32-44-17-6-10-22-53(44)55/h1-36H. The molecule has 62 heavy (non-hydrogen) atoms. The number of rotatable bonds is 6. The Bertz CT molecular complexity index is 3440. The van der Waals surface area contributed by atoms with E-state index in [9.17, 15) is 0 Å². The third-order valence-electron chi connectivity index (χ3n) is 12.1. The minimum atomic E-state index is 0.603. The zero-order valence-electron chi connectivity index (χ0n) is 33.6. The second kappa shape index (κ2) is 14.7. The van der Waals surface area contributed by atoms with Crippen molar-refractivity contribution < 1.29 is 0 Å². The van der Waals surface area contributed by atoms with Crippen molar-refractivity contribution in [1.29, 1.82) is 0 Å². The van der Waals surface area contributed by atoms with Crippen molar-refractivity contribution in [2.75, 3.05) is 0 Å². The number of benzene rings is 10. The molecular formula is C58H36N4. The molecule has 288 valence electrons. The van der Waals surface area contributed by atoms with Crippen LogP contribution in [0, 0.1) is 0 Å². The molecule has 0 unspecified atom stereocenters. The van der Waals surface area contributed by atoms with Crippen molar-refractivity contribution in [2.45, 2.75) is 0 Å². The van der Waals surface area contributed by atoms with E-state index in [1.807, 2.05) is 12.3 Å². The Kier molecular flexibility index (Phi) is 8.46. The minimum Gasteiger partial charge on any atom is -0.264 e. The van der Waals surface area contributed by atoms with Crippen LogP contribution in [-0.4, -0.2) is 19.9 Å². The summed E-state index contributed by atoms with van der Waals surface area (Å²) in [6, 6.07) is 73.6. The summed E-state index contributed by atoms with van der Waals surface area (Å²) in [4.78, 5) is 20.3. The molecule has 0 atom stereocenters. The van der Waals surface area contributed by atoms with Gasteiger partial charge in [0, 0.05) is 29.1 Å². The van der Waals surface area contributed by atoms with Crippen LogP contribution in [0.15, 0.2) is 219 Å². The number of hydrogen-bond acceptors (Lipinski definition) is 4. The van der Waals surface area contributed by atoms with Gasteiger partial charge in [-0.2, -0.15) is 0 Å². The number of nitrogens with zero attached hydrogens (tertiary/aromatic N) is 4. The normalized spacial score (nSPS) is 11.5. The Labute approximate surface area is 358 Å². The fraction of sp³-hybridized carbons (Fsp3) is 0. The second-order valence-electron chi connectivity index (χ2n) is 15.9. The molecule has 2 aromatic heterocycles. The monoisotopic (exact) mass is 788 g/mol. The van der Waals surface area contributed by atoms with E-state index in [1.165, 1.54) is 59.6 Å². The van der Waals surface area contributed by atoms with Gasteiger partial charge in [-0.1, -0.05) is 164 Å². The molecule has 4 heteroatoms. The average molecular weight is 789 g/mol. The van der Waals surface area contributed by atoms with Crippen LogP contribution >= 0.6 is 0 Å². The highest BCUT2D eigenvalue weighted by molar-refractivity contribution is 6.16. The van der Waals surface area contributed by atoms with Gasteiger partial charge in [0.1, 0.15) is 0 Å². The lowest BCUT2D eigenvalue weighted by Crippen LogP contribution is -2.01. The highest BCUT2D eigenvalue weighted by Crippen LogP contribution is 2.43. The van der Waals surface area contributed by atoms with Gasteiger partial charge in [0.15, 0.2) is 17.5 Å². The van der Waals surface area contributed by atoms with Gasteiger partial charge in [-0.15, -0.1) is 0 Å². The molecule has 12 rings (SSSR count). The van der Waals surface area contributed by atoms with Gasteiger partial charge in [-0.05, 0) is 130 Å². The van der Waals surface area contributed by atoms with Gasteiger partial charge in [-0.3, -0.25) is 4.98 Å². The first-order chi connectivity index (χ1) is 30.7. The van der Waals surface area contributed by atoms with E-state index >= 15 is 0 Å². The zero-order valence-corrected chi connectivity index (χ0v) is 33.6. The van der Waals surface area contributed by atoms with Crippen molar-refractivity contribution in [3.05, 3.63) is 219 Å². The van der Waals surface area contributed by atoms with Gasteiger partial charge in [-0.25, -0.2) is 15.0 Å². The van der Waals surface area contributed by atoms with Gasteiger partial charge in [0.05, 0.1) is 0 Å². The number of aromatic nitrogens is 4. The van der Waals surface area contributed by atoms with E-state index in [1.54, 1.807) is 6.20 Å². The molecule has 0 bridgehead atoms. The highest BCUT2D eigenvalue weighted by atomic mass is 15.0. The largest absolute Gasteiger partial charge is 0.264 e. The lowest BCUT2D eigenvalue weighted by Gasteiger charge is -2.18. The van der Waals surface area contributed by atoms with Gasteiger partial charge < -0.3 is 0 Å². The number of hydrogen-bond donors (Lipinski definition) is 0. The Balaban J connectivity index is 1.15. The molecule has 12 aromatic rings. The summed E-state index contributed by atoms with van der Waals surface area (Å²) < 4.78 is 0. The molecule has 2 heterocycles. The summed E-state index contributed by atoms with van der Waals surface area (Å²) in [6.07, 6.45) is 3.68. The van der Waals surface area contributed by atoms with Crippen LogP contribution in [0.25, 0.3) is 121 Å². The van der Waals surface area contributed by atoms with E-state index in [-0.39, 0.29) is 0 Å². The predicted molar refractivity (Wildman–Crippen MR) is 258 cm³/mol. The molecule has 0 amide bonds. The Morgan fingerprint density at radius 1 is 0.242 bits per heavy atom. The van der Waals surface area contributed by atoms with Crippen molar-refractivity contribution in [1.82, 2.24) is 19.9 Å². The third kappa shape index (κ3) is 6.25. The molecular weight excluding hydrogens is 753 g/mol. The van der Waals surface area contributed by atoms with Crippen LogP contribution in [-0.2, 0) is 0 Å². The summed E-state index contributed by atoms with van der Waals surface area (Å²) in [5.41, 5.74) is 9.42. The summed E-state index contributed by atoms with van der Waals surface area (Å²) in [5, 5.41) is 11.8. The SMILES string of the molecule is c1cncc(-c2ccc(-c3nc(-c4cc(-c5c6ccccc6cc6ccccc56)cc(-c5c6ccccc6cc6ccccc56)c4)nc(-c4ccc5ccccc5c4)n3)cc2)c1. The van der Waals surface area contributed by atoms with E-state index in [2.05, 4.69) is 205 Å². The van der Waals surface area contributed by atoms with Crippen LogP contribution < -0.4 is 0 Å². The second-order valence-corrected chi connectivity index (χ2v) is 15.9. The first kappa shape index (κ1) is 35.6. The molecule has 0 saturated heterocycles. The molecule has 0 aliphatic rings. The van der Waals surface area contributed by atoms with Crippen molar-refractivity contribution in [3.63, 3.8) is 0 Å². The molecule has 0 saturated carbocycles. The van der Waals surface area contributed by atoms with E-state index in [0.717, 1.165) is 44.3 Å². The maximum absolute atomic E-state index is 5.36. The lowest BCUT2D eigenvalue weighted by molar-refractivity contribution is 1.07. The smallest absolute Gasteiger partial charge is 0.164 e. The summed E-state index contributed by atoms with van der Waals surface area (Å²) in [7, 11) is 0. The average Bonchev–Trinajstić information content (AvgIpc) is 3.34. The van der Waals surface area contributed by atoms with Crippen LogP contribution in [0.1, 0.15) is 0 Å². The van der Waals surface area contributed by atoms with E-state index in [0.29, 0.717) is 17.5 Å². The van der Waals surface area contributed by atoms with Crippen LogP contribution in [0.5, 0.6) is 0 Å². The maximum atomic E-state index is 5.36. The van der Waals surface area contributed by atoms with Crippen LogP contribution in [0.3, 0.4) is 0 Å². The molecule has 0 N–H and O–H groups in total. The number of pyridine rings is 1. The van der Waals surface area contributed by atoms with Gasteiger partial charge in [0.2, 0.25) is 0 Å². The Morgan fingerprint density at radius 3 is 1.18 bits per heavy atom. The van der Waals surface area contributed by atoms with E-state index < -0.39 is 0 Å². The quantitative estimate of drug-likeness (QED) is 0.158. The minimum absolute atomic E-state index is 0.603. The van der Waals surface area contributed by atoms with E-state index in [4.69, 9.17) is 15.0 Å². The molecule has 0 aliphatic heterocycles.